The fraction of sp³-hybridized carbons (Fsp3) is 0.311. The highest BCUT2D eigenvalue weighted by atomic mass is 19.1. The molecule has 1 aromatic heterocycles. The van der Waals surface area contributed by atoms with Gasteiger partial charge < -0.3 is 24.9 Å². The van der Waals surface area contributed by atoms with Gasteiger partial charge in [0.15, 0.2) is 5.76 Å². The summed E-state index contributed by atoms with van der Waals surface area (Å²) in [7, 11) is 6.86. The Hall–Kier alpha value is -6.25. The predicted octanol–water partition coefficient (Wildman–Crippen LogP) is 6.75. The standard InChI is InChI=1S/C45H47F2N7O5/c1-51(2)39(32-11-5-7-13-34(32)46)44(57)53-25-9-15-36(53)41(55)49-30-21-17-28(18-22-30)38-27-48-43(59-38)29-19-23-31(24-20-29)50-42(56)37-16-10-26-54(37)45(58)40(52(3)4)33-12-6-8-14-35(33)47/h5-8,11-14,17-24,27,36-37,39-40H,9-10,15-16,25-26H2,1-4H3,(H,49,55)(H,50,56)/t36-,37-,39?,40?/m0/s1. The molecule has 2 fully saturated rings. The number of aromatic nitrogens is 1. The summed E-state index contributed by atoms with van der Waals surface area (Å²) >= 11 is 0. The number of nitrogens with zero attached hydrogens (tertiary/aromatic N) is 5. The van der Waals surface area contributed by atoms with E-state index in [-0.39, 0.29) is 34.8 Å². The second kappa shape index (κ2) is 17.7. The third-order valence-electron chi connectivity index (χ3n) is 10.9. The van der Waals surface area contributed by atoms with Crippen LogP contribution in [0.25, 0.3) is 22.8 Å². The van der Waals surface area contributed by atoms with Gasteiger partial charge in [0.1, 0.15) is 35.8 Å². The van der Waals surface area contributed by atoms with Gasteiger partial charge in [0.25, 0.3) is 0 Å². The van der Waals surface area contributed by atoms with Gasteiger partial charge >= 0.3 is 0 Å². The quantitative estimate of drug-likeness (QED) is 0.142. The Balaban J connectivity index is 0.957. The van der Waals surface area contributed by atoms with Gasteiger partial charge in [-0.2, -0.15) is 0 Å². The minimum atomic E-state index is -0.864. The van der Waals surface area contributed by atoms with Gasteiger partial charge in [0.05, 0.1) is 6.20 Å². The Kier molecular flexibility index (Phi) is 12.3. The number of carbonyl (C=O) groups is 4. The number of likely N-dealkylation sites (tertiary alicyclic amines) is 2. The molecule has 0 radical (unpaired) electrons. The van der Waals surface area contributed by atoms with E-state index >= 15 is 0 Å². The van der Waals surface area contributed by atoms with E-state index in [0.717, 1.165) is 5.56 Å². The maximum atomic E-state index is 14.7. The molecule has 0 aliphatic carbocycles. The van der Waals surface area contributed by atoms with E-state index in [1.54, 1.807) is 139 Å². The fourth-order valence-electron chi connectivity index (χ4n) is 7.98. The smallest absolute Gasteiger partial charge is 0.247 e. The topological polar surface area (TPSA) is 131 Å². The molecule has 59 heavy (non-hydrogen) atoms. The Morgan fingerprint density at radius 2 is 1.07 bits per heavy atom. The normalized spacial score (nSPS) is 17.6. The summed E-state index contributed by atoms with van der Waals surface area (Å²) in [4.78, 5) is 65.2. The lowest BCUT2D eigenvalue weighted by molar-refractivity contribution is -0.141. The molecule has 0 saturated carbocycles. The molecular weight excluding hydrogens is 757 g/mol. The van der Waals surface area contributed by atoms with E-state index in [4.69, 9.17) is 4.42 Å². The molecule has 0 bridgehead atoms. The zero-order valence-electron chi connectivity index (χ0n) is 33.4. The number of anilines is 2. The molecule has 2 N–H and O–H groups in total. The van der Waals surface area contributed by atoms with Crippen LogP contribution in [0.2, 0.25) is 0 Å². The van der Waals surface area contributed by atoms with Crippen LogP contribution in [0.3, 0.4) is 0 Å². The molecule has 7 rings (SSSR count). The number of carbonyl (C=O) groups excluding carboxylic acids is 4. The highest BCUT2D eigenvalue weighted by Crippen LogP contribution is 2.32. The lowest BCUT2D eigenvalue weighted by atomic mass is 10.0. The second-order valence-electron chi connectivity index (χ2n) is 15.3. The Bertz CT molecular complexity index is 2150. The van der Waals surface area contributed by atoms with Crippen molar-refractivity contribution in [2.75, 3.05) is 51.9 Å². The number of halogens is 2. The van der Waals surface area contributed by atoms with Crippen LogP contribution in [0.5, 0.6) is 0 Å². The van der Waals surface area contributed by atoms with Crippen LogP contribution in [0.1, 0.15) is 48.9 Å². The summed E-state index contributed by atoms with van der Waals surface area (Å²) in [5, 5.41) is 5.85. The SMILES string of the molecule is CN(C)C(C(=O)N1CCC[C@H]1C(=O)Nc1ccc(-c2cnc(-c3ccc(NC(=O)[C@@H]4CCCN4C(=O)C(c4ccccc4F)N(C)C)cc3)o2)cc1)c1ccccc1F. The van der Waals surface area contributed by atoms with Crippen molar-refractivity contribution in [3.63, 3.8) is 0 Å². The van der Waals surface area contributed by atoms with Crippen molar-refractivity contribution >= 4 is 35.0 Å². The minimum Gasteiger partial charge on any atom is -0.436 e. The van der Waals surface area contributed by atoms with Crippen molar-refractivity contribution in [2.45, 2.75) is 49.9 Å². The molecule has 5 aromatic rings. The average molecular weight is 804 g/mol. The van der Waals surface area contributed by atoms with Gasteiger partial charge in [-0.1, -0.05) is 36.4 Å². The molecule has 2 aliphatic heterocycles. The number of amides is 4. The molecule has 3 heterocycles. The van der Waals surface area contributed by atoms with Crippen LogP contribution in [0, 0.1) is 11.6 Å². The monoisotopic (exact) mass is 803 g/mol. The van der Waals surface area contributed by atoms with Crippen molar-refractivity contribution in [3.8, 4) is 22.8 Å². The number of hydrogen-bond donors (Lipinski definition) is 2. The van der Waals surface area contributed by atoms with Crippen LogP contribution >= 0.6 is 0 Å². The summed E-state index contributed by atoms with van der Waals surface area (Å²) in [6.07, 6.45) is 3.91. The van der Waals surface area contributed by atoms with E-state index in [0.29, 0.717) is 67.4 Å². The van der Waals surface area contributed by atoms with Gasteiger partial charge in [-0.3, -0.25) is 29.0 Å². The first-order chi connectivity index (χ1) is 28.4. The average Bonchev–Trinajstić information content (AvgIpc) is 4.02. The first kappa shape index (κ1) is 40.9. The molecule has 2 unspecified atom stereocenters. The molecule has 2 saturated heterocycles. The van der Waals surface area contributed by atoms with Gasteiger partial charge in [-0.25, -0.2) is 13.8 Å². The van der Waals surface area contributed by atoms with Crippen molar-refractivity contribution in [1.82, 2.24) is 24.6 Å². The van der Waals surface area contributed by atoms with Gasteiger partial charge in [-0.15, -0.1) is 0 Å². The molecule has 2 aliphatic rings. The molecular formula is C45H47F2N7O5. The summed E-state index contributed by atoms with van der Waals surface area (Å²) in [5.41, 5.74) is 3.01. The zero-order valence-corrected chi connectivity index (χ0v) is 33.4. The Morgan fingerprint density at radius 1 is 0.644 bits per heavy atom. The third kappa shape index (κ3) is 8.78. The Morgan fingerprint density at radius 3 is 1.49 bits per heavy atom. The van der Waals surface area contributed by atoms with Crippen LogP contribution in [-0.2, 0) is 19.2 Å². The molecule has 4 amide bonds. The van der Waals surface area contributed by atoms with Gasteiger partial charge in [0, 0.05) is 46.7 Å². The summed E-state index contributed by atoms with van der Waals surface area (Å²) < 4.78 is 35.5. The van der Waals surface area contributed by atoms with Gasteiger partial charge in [0.2, 0.25) is 29.5 Å². The summed E-state index contributed by atoms with van der Waals surface area (Å²) in [6, 6.07) is 23.4. The van der Waals surface area contributed by atoms with Crippen LogP contribution in [0.4, 0.5) is 20.2 Å². The maximum absolute atomic E-state index is 14.7. The molecule has 306 valence electrons. The molecule has 0 spiro atoms. The van der Waals surface area contributed by atoms with Crippen molar-refractivity contribution in [3.05, 3.63) is 126 Å². The lowest BCUT2D eigenvalue weighted by Gasteiger charge is -2.31. The van der Waals surface area contributed by atoms with E-state index in [2.05, 4.69) is 15.6 Å². The van der Waals surface area contributed by atoms with E-state index < -0.39 is 35.8 Å². The third-order valence-corrected chi connectivity index (χ3v) is 10.9. The fourth-order valence-corrected chi connectivity index (χ4v) is 7.98. The number of likely N-dealkylation sites (N-methyl/N-ethyl adjacent to an activating group) is 2. The van der Waals surface area contributed by atoms with Crippen molar-refractivity contribution < 1.29 is 32.4 Å². The lowest BCUT2D eigenvalue weighted by Crippen LogP contribution is -2.47. The summed E-state index contributed by atoms with van der Waals surface area (Å²) in [5.74, 6) is -1.37. The molecule has 4 aromatic carbocycles. The number of rotatable bonds is 12. The number of hydrogen-bond acceptors (Lipinski definition) is 8. The van der Waals surface area contributed by atoms with Crippen LogP contribution < -0.4 is 10.6 Å². The first-order valence-corrected chi connectivity index (χ1v) is 19.6. The van der Waals surface area contributed by atoms with Crippen molar-refractivity contribution in [2.24, 2.45) is 0 Å². The minimum absolute atomic E-state index is 0.264. The van der Waals surface area contributed by atoms with E-state index in [9.17, 15) is 28.0 Å². The van der Waals surface area contributed by atoms with E-state index in [1.807, 2.05) is 0 Å². The van der Waals surface area contributed by atoms with Crippen molar-refractivity contribution in [1.29, 1.82) is 0 Å². The van der Waals surface area contributed by atoms with Gasteiger partial charge in [-0.05, 0) is 115 Å². The van der Waals surface area contributed by atoms with E-state index in [1.165, 1.54) is 12.1 Å². The highest BCUT2D eigenvalue weighted by molar-refractivity contribution is 5.99. The summed E-state index contributed by atoms with van der Waals surface area (Å²) in [6.45, 7) is 0.801. The van der Waals surface area contributed by atoms with Crippen LogP contribution in [0.15, 0.2) is 108 Å². The van der Waals surface area contributed by atoms with Crippen LogP contribution in [-0.4, -0.2) is 102 Å². The Labute approximate surface area is 341 Å². The second-order valence-corrected chi connectivity index (χ2v) is 15.3. The number of nitrogens with one attached hydrogen (secondary N) is 2. The molecule has 4 atom stereocenters. The number of oxazole rings is 1. The predicted molar refractivity (Wildman–Crippen MR) is 220 cm³/mol. The molecule has 12 nitrogen and oxygen atoms in total. The largest absolute Gasteiger partial charge is 0.436 e. The first-order valence-electron chi connectivity index (χ1n) is 19.6. The highest BCUT2D eigenvalue weighted by Gasteiger charge is 2.40. The zero-order chi connectivity index (χ0) is 41.8. The molecule has 14 heteroatoms. The number of benzene rings is 4. The maximum Gasteiger partial charge on any atom is 0.247 e.